The fourth-order valence-corrected chi connectivity index (χ4v) is 4.94. The van der Waals surface area contributed by atoms with E-state index in [1.165, 1.54) is 7.11 Å². The van der Waals surface area contributed by atoms with Gasteiger partial charge < -0.3 is 14.5 Å². The maximum Gasteiger partial charge on any atom is 0.246 e. The number of hydrogen-bond acceptors (Lipinski definition) is 5. The topological polar surface area (TPSA) is 53.1 Å². The van der Waals surface area contributed by atoms with Gasteiger partial charge in [-0.3, -0.25) is 0 Å². The van der Waals surface area contributed by atoms with Crippen molar-refractivity contribution < 1.29 is 13.2 Å². The van der Waals surface area contributed by atoms with E-state index in [-0.39, 0.29) is 4.90 Å². The number of aryl methyl sites for hydroxylation is 1. The summed E-state index contributed by atoms with van der Waals surface area (Å²) in [4.78, 5) is 4.52. The van der Waals surface area contributed by atoms with Crippen molar-refractivity contribution in [3.8, 4) is 5.75 Å². The van der Waals surface area contributed by atoms with Crippen LogP contribution >= 0.6 is 0 Å². The molecule has 1 saturated heterocycles. The molecule has 1 heterocycles. The molecule has 0 saturated carbocycles. The van der Waals surface area contributed by atoms with E-state index in [2.05, 4.69) is 34.1 Å². The molecule has 0 spiro atoms. The van der Waals surface area contributed by atoms with Gasteiger partial charge in [0.25, 0.3) is 0 Å². The summed E-state index contributed by atoms with van der Waals surface area (Å²) in [6.07, 6.45) is 0. The highest BCUT2D eigenvalue weighted by molar-refractivity contribution is 7.89. The highest BCUT2D eigenvalue weighted by atomic mass is 32.2. The number of anilines is 2. The summed E-state index contributed by atoms with van der Waals surface area (Å²) in [5.74, 6) is 0.391. The van der Waals surface area contributed by atoms with Crippen molar-refractivity contribution in [3.05, 3.63) is 48.0 Å². The first-order valence-corrected chi connectivity index (χ1v) is 10.4. The van der Waals surface area contributed by atoms with Crippen LogP contribution in [0.3, 0.4) is 0 Å². The van der Waals surface area contributed by atoms with Crippen LogP contribution in [0.4, 0.5) is 11.4 Å². The van der Waals surface area contributed by atoms with Crippen molar-refractivity contribution in [2.45, 2.75) is 11.8 Å². The Labute approximate surface area is 162 Å². The molecule has 0 N–H and O–H groups in total. The van der Waals surface area contributed by atoms with Crippen LogP contribution in [0.25, 0.3) is 0 Å². The zero-order valence-electron chi connectivity index (χ0n) is 16.3. The van der Waals surface area contributed by atoms with E-state index < -0.39 is 10.0 Å². The minimum absolute atomic E-state index is 0.244. The van der Waals surface area contributed by atoms with E-state index in [4.69, 9.17) is 4.74 Å². The molecule has 0 aliphatic carbocycles. The lowest BCUT2D eigenvalue weighted by atomic mass is 10.2. The van der Waals surface area contributed by atoms with E-state index >= 15 is 0 Å². The first-order chi connectivity index (χ1) is 12.8. The van der Waals surface area contributed by atoms with Crippen LogP contribution in [0.15, 0.2) is 47.4 Å². The molecule has 6 nitrogen and oxygen atoms in total. The standard InChI is InChI=1S/C20H27N3O3S/c1-16-5-10-19(26-4)20(15-16)27(24,25)23-13-11-22(12-14-23)18-8-6-17(7-9-18)21(2)3/h5-10,15H,11-14H2,1-4H3. The lowest BCUT2D eigenvalue weighted by molar-refractivity contribution is 0.374. The first kappa shape index (κ1) is 19.5. The first-order valence-electron chi connectivity index (χ1n) is 9.00. The van der Waals surface area contributed by atoms with Gasteiger partial charge in [0.1, 0.15) is 10.6 Å². The molecular weight excluding hydrogens is 362 g/mol. The molecule has 0 amide bonds. The van der Waals surface area contributed by atoms with Crippen LogP contribution in [0.1, 0.15) is 5.56 Å². The number of sulfonamides is 1. The van der Waals surface area contributed by atoms with Crippen molar-refractivity contribution in [1.82, 2.24) is 4.31 Å². The van der Waals surface area contributed by atoms with Crippen molar-refractivity contribution in [2.75, 3.05) is 57.2 Å². The largest absolute Gasteiger partial charge is 0.495 e. The van der Waals surface area contributed by atoms with Crippen molar-refractivity contribution in [2.24, 2.45) is 0 Å². The molecule has 27 heavy (non-hydrogen) atoms. The lowest BCUT2D eigenvalue weighted by Crippen LogP contribution is -2.48. The molecule has 0 unspecified atom stereocenters. The van der Waals surface area contributed by atoms with Gasteiger partial charge in [-0.05, 0) is 48.9 Å². The number of nitrogens with zero attached hydrogens (tertiary/aromatic N) is 3. The summed E-state index contributed by atoms with van der Waals surface area (Å²) in [6, 6.07) is 13.6. The average Bonchev–Trinajstić information content (AvgIpc) is 2.68. The summed E-state index contributed by atoms with van der Waals surface area (Å²) in [6.45, 7) is 4.11. The van der Waals surface area contributed by atoms with Crippen LogP contribution in [-0.2, 0) is 10.0 Å². The summed E-state index contributed by atoms with van der Waals surface area (Å²) < 4.78 is 33.0. The van der Waals surface area contributed by atoms with E-state index in [1.807, 2.05) is 27.1 Å². The van der Waals surface area contributed by atoms with Gasteiger partial charge in [-0.25, -0.2) is 8.42 Å². The molecule has 1 aliphatic heterocycles. The van der Waals surface area contributed by atoms with Gasteiger partial charge in [0, 0.05) is 51.6 Å². The molecule has 0 aromatic heterocycles. The Kier molecular flexibility index (Phi) is 5.62. The maximum atomic E-state index is 13.1. The molecule has 1 aliphatic rings. The minimum Gasteiger partial charge on any atom is -0.495 e. The third kappa shape index (κ3) is 4.04. The average molecular weight is 390 g/mol. The predicted octanol–water partition coefficient (Wildman–Crippen LogP) is 2.58. The minimum atomic E-state index is -3.58. The van der Waals surface area contributed by atoms with E-state index in [9.17, 15) is 8.42 Å². The number of ether oxygens (including phenoxy) is 1. The second kappa shape index (κ2) is 7.78. The summed E-state index contributed by atoms with van der Waals surface area (Å²) in [5.41, 5.74) is 3.16. The van der Waals surface area contributed by atoms with Crippen LogP contribution < -0.4 is 14.5 Å². The Morgan fingerprint density at radius 2 is 1.59 bits per heavy atom. The molecule has 1 fully saturated rings. The number of hydrogen-bond donors (Lipinski definition) is 0. The third-order valence-corrected chi connectivity index (χ3v) is 6.83. The molecule has 3 rings (SSSR count). The van der Waals surface area contributed by atoms with Gasteiger partial charge >= 0.3 is 0 Å². The second-order valence-electron chi connectivity index (χ2n) is 6.96. The lowest BCUT2D eigenvalue weighted by Gasteiger charge is -2.35. The fraction of sp³-hybridized carbons (Fsp3) is 0.400. The van der Waals surface area contributed by atoms with Gasteiger partial charge in [-0.1, -0.05) is 6.07 Å². The Hall–Kier alpha value is -2.25. The zero-order chi connectivity index (χ0) is 19.6. The summed E-state index contributed by atoms with van der Waals surface area (Å²) in [7, 11) is 1.95. The van der Waals surface area contributed by atoms with Gasteiger partial charge in [0.2, 0.25) is 10.0 Å². The Bertz CT molecular complexity index is 887. The van der Waals surface area contributed by atoms with Crippen LogP contribution in [0.2, 0.25) is 0 Å². The molecule has 0 radical (unpaired) electrons. The van der Waals surface area contributed by atoms with Crippen LogP contribution in [0, 0.1) is 6.92 Å². The van der Waals surface area contributed by atoms with Crippen LogP contribution in [-0.4, -0.2) is 60.1 Å². The van der Waals surface area contributed by atoms with Crippen LogP contribution in [0.5, 0.6) is 5.75 Å². The van der Waals surface area contributed by atoms with Gasteiger partial charge in [-0.2, -0.15) is 4.31 Å². The normalized spacial score (nSPS) is 15.6. The number of benzene rings is 2. The van der Waals surface area contributed by atoms with E-state index in [0.29, 0.717) is 31.9 Å². The maximum absolute atomic E-state index is 13.1. The molecule has 2 aromatic carbocycles. The van der Waals surface area contributed by atoms with E-state index in [0.717, 1.165) is 16.9 Å². The van der Waals surface area contributed by atoms with Crippen molar-refractivity contribution in [3.63, 3.8) is 0 Å². The molecule has 0 bridgehead atoms. The van der Waals surface area contributed by atoms with Gasteiger partial charge in [-0.15, -0.1) is 0 Å². The molecular formula is C20H27N3O3S. The van der Waals surface area contributed by atoms with Crippen molar-refractivity contribution in [1.29, 1.82) is 0 Å². The van der Waals surface area contributed by atoms with Gasteiger partial charge in [0.05, 0.1) is 7.11 Å². The molecule has 7 heteroatoms. The summed E-state index contributed by atoms with van der Waals surface area (Å²) in [5, 5.41) is 0. The quantitative estimate of drug-likeness (QED) is 0.787. The highest BCUT2D eigenvalue weighted by Crippen LogP contribution is 2.29. The Balaban J connectivity index is 1.74. The molecule has 2 aromatic rings. The smallest absolute Gasteiger partial charge is 0.246 e. The zero-order valence-corrected chi connectivity index (χ0v) is 17.2. The number of methoxy groups -OCH3 is 1. The predicted molar refractivity (Wildman–Crippen MR) is 109 cm³/mol. The third-order valence-electron chi connectivity index (χ3n) is 4.91. The Morgan fingerprint density at radius 1 is 0.963 bits per heavy atom. The number of piperazine rings is 1. The molecule has 146 valence electrons. The summed E-state index contributed by atoms with van der Waals surface area (Å²) >= 11 is 0. The second-order valence-corrected chi connectivity index (χ2v) is 8.86. The Morgan fingerprint density at radius 3 is 2.15 bits per heavy atom. The number of rotatable bonds is 5. The van der Waals surface area contributed by atoms with E-state index in [1.54, 1.807) is 16.4 Å². The van der Waals surface area contributed by atoms with Gasteiger partial charge in [0.15, 0.2) is 0 Å². The molecule has 0 atom stereocenters. The fourth-order valence-electron chi connectivity index (χ4n) is 3.27. The highest BCUT2D eigenvalue weighted by Gasteiger charge is 2.31. The van der Waals surface area contributed by atoms with Crippen molar-refractivity contribution >= 4 is 21.4 Å². The SMILES string of the molecule is COc1ccc(C)cc1S(=O)(=O)N1CCN(c2ccc(N(C)C)cc2)CC1. The monoisotopic (exact) mass is 389 g/mol.